The lowest BCUT2D eigenvalue weighted by molar-refractivity contribution is -0.117. The largest absolute Gasteiger partial charge is 0.493 e. The normalized spacial score (nSPS) is 12.4. The van der Waals surface area contributed by atoms with E-state index in [2.05, 4.69) is 5.32 Å². The van der Waals surface area contributed by atoms with Crippen molar-refractivity contribution >= 4 is 21.8 Å². The van der Waals surface area contributed by atoms with Gasteiger partial charge in [0.25, 0.3) is 0 Å². The highest BCUT2D eigenvalue weighted by molar-refractivity contribution is 7.90. The van der Waals surface area contributed by atoms with E-state index in [4.69, 9.17) is 14.2 Å². The van der Waals surface area contributed by atoms with Crippen molar-refractivity contribution in [3.05, 3.63) is 53.6 Å². The van der Waals surface area contributed by atoms with Gasteiger partial charge in [0.05, 0.1) is 32.3 Å². The van der Waals surface area contributed by atoms with Gasteiger partial charge in [-0.2, -0.15) is 0 Å². The van der Waals surface area contributed by atoms with Crippen molar-refractivity contribution < 1.29 is 27.4 Å². The molecule has 8 heteroatoms. The van der Waals surface area contributed by atoms with Gasteiger partial charge >= 0.3 is 0 Å². The van der Waals surface area contributed by atoms with Gasteiger partial charge in [-0.05, 0) is 42.3 Å². The summed E-state index contributed by atoms with van der Waals surface area (Å²) in [6.07, 6.45) is 4.86. The summed E-state index contributed by atoms with van der Waals surface area (Å²) < 4.78 is 39.3. The predicted octanol–water partition coefficient (Wildman–Crippen LogP) is 3.40. The van der Waals surface area contributed by atoms with Crippen molar-refractivity contribution in [1.29, 1.82) is 0 Å². The van der Waals surface area contributed by atoms with E-state index in [9.17, 15) is 13.2 Å². The molecule has 0 aliphatic rings. The molecule has 0 fully saturated rings. The van der Waals surface area contributed by atoms with Crippen molar-refractivity contribution in [2.75, 3.05) is 27.6 Å². The van der Waals surface area contributed by atoms with E-state index >= 15 is 0 Å². The van der Waals surface area contributed by atoms with Crippen molar-refractivity contribution in [3.63, 3.8) is 0 Å². The molecule has 2 aromatic carbocycles. The smallest absolute Gasteiger partial charge is 0.244 e. The molecule has 0 radical (unpaired) electrons. The second kappa shape index (κ2) is 10.2. The molecule has 0 heterocycles. The van der Waals surface area contributed by atoms with Gasteiger partial charge in [0.2, 0.25) is 11.7 Å². The minimum absolute atomic E-state index is 0.243. The number of amides is 1. The lowest BCUT2D eigenvalue weighted by atomic mass is 10.0. The topological polar surface area (TPSA) is 90.9 Å². The van der Waals surface area contributed by atoms with Gasteiger partial charge in [-0.25, -0.2) is 8.42 Å². The minimum atomic E-state index is -3.26. The summed E-state index contributed by atoms with van der Waals surface area (Å²) in [7, 11) is 1.31. The fraction of sp³-hybridized carbons (Fsp3) is 0.318. The second-order valence-corrected chi connectivity index (χ2v) is 8.58. The molecule has 2 aromatic rings. The van der Waals surface area contributed by atoms with E-state index in [0.717, 1.165) is 11.8 Å². The van der Waals surface area contributed by atoms with Crippen LogP contribution in [0, 0.1) is 0 Å². The average Bonchev–Trinajstić information content (AvgIpc) is 2.74. The number of sulfone groups is 1. The Morgan fingerprint density at radius 3 is 2.13 bits per heavy atom. The zero-order chi connectivity index (χ0) is 22.3. The Morgan fingerprint density at radius 2 is 1.63 bits per heavy atom. The van der Waals surface area contributed by atoms with E-state index in [-0.39, 0.29) is 16.8 Å². The van der Waals surface area contributed by atoms with Crippen LogP contribution < -0.4 is 19.5 Å². The first-order valence-corrected chi connectivity index (χ1v) is 11.2. The van der Waals surface area contributed by atoms with Crippen molar-refractivity contribution in [3.8, 4) is 17.2 Å². The zero-order valence-electron chi connectivity index (χ0n) is 17.8. The molecule has 30 heavy (non-hydrogen) atoms. The number of hydrogen-bond acceptors (Lipinski definition) is 6. The Balaban J connectivity index is 2.18. The predicted molar refractivity (Wildman–Crippen MR) is 116 cm³/mol. The number of rotatable bonds is 9. The molecule has 0 bridgehead atoms. The second-order valence-electron chi connectivity index (χ2n) is 6.57. The molecule has 1 amide bonds. The van der Waals surface area contributed by atoms with E-state index < -0.39 is 9.84 Å². The van der Waals surface area contributed by atoms with Crippen LogP contribution in [0.15, 0.2) is 47.4 Å². The standard InChI is InChI=1S/C22H27NO6S/c1-6-18(15-7-11-17(12-8-15)30(5,25)26)23-20(24)14-10-16-9-13-19(27-2)22(29-4)21(16)28-3/h7-14,18H,6H2,1-5H3,(H,23,24)/b14-10+. The third-order valence-corrected chi connectivity index (χ3v) is 5.71. The molecule has 162 valence electrons. The number of hydrogen-bond donors (Lipinski definition) is 1. The third-order valence-electron chi connectivity index (χ3n) is 4.58. The van der Waals surface area contributed by atoms with E-state index in [1.165, 1.54) is 27.4 Å². The number of carbonyl (C=O) groups is 1. The lowest BCUT2D eigenvalue weighted by Gasteiger charge is -2.17. The van der Waals surface area contributed by atoms with Crippen LogP contribution in [0.5, 0.6) is 17.2 Å². The van der Waals surface area contributed by atoms with Gasteiger partial charge in [0.15, 0.2) is 21.3 Å². The SMILES string of the molecule is CCC(NC(=O)/C=C/c1ccc(OC)c(OC)c1OC)c1ccc(S(C)(=O)=O)cc1. The summed E-state index contributed by atoms with van der Waals surface area (Å²) in [6.45, 7) is 1.94. The number of carbonyl (C=O) groups excluding carboxylic acids is 1. The molecule has 2 rings (SSSR count). The van der Waals surface area contributed by atoms with Gasteiger partial charge in [-0.15, -0.1) is 0 Å². The van der Waals surface area contributed by atoms with Crippen LogP contribution in [0.3, 0.4) is 0 Å². The quantitative estimate of drug-likeness (QED) is 0.610. The van der Waals surface area contributed by atoms with E-state index in [1.807, 2.05) is 6.92 Å². The zero-order valence-corrected chi connectivity index (χ0v) is 18.6. The lowest BCUT2D eigenvalue weighted by Crippen LogP contribution is -2.26. The molecule has 7 nitrogen and oxygen atoms in total. The Hall–Kier alpha value is -3.00. The summed E-state index contributed by atoms with van der Waals surface area (Å²) in [6, 6.07) is 9.77. The first-order valence-electron chi connectivity index (χ1n) is 9.32. The number of benzene rings is 2. The number of ether oxygens (including phenoxy) is 3. The third kappa shape index (κ3) is 5.54. The molecule has 0 aliphatic carbocycles. The molecule has 0 saturated heterocycles. The van der Waals surface area contributed by atoms with E-state index in [1.54, 1.807) is 42.5 Å². The maximum Gasteiger partial charge on any atom is 0.244 e. The molecule has 0 saturated carbocycles. The van der Waals surface area contributed by atoms with Gasteiger partial charge < -0.3 is 19.5 Å². The highest BCUT2D eigenvalue weighted by atomic mass is 32.2. The fourth-order valence-electron chi connectivity index (χ4n) is 3.01. The fourth-order valence-corrected chi connectivity index (χ4v) is 3.64. The van der Waals surface area contributed by atoms with Crippen LogP contribution in [0.4, 0.5) is 0 Å². The monoisotopic (exact) mass is 433 g/mol. The summed E-state index contributed by atoms with van der Waals surface area (Å²) in [5.41, 5.74) is 1.49. The summed E-state index contributed by atoms with van der Waals surface area (Å²) >= 11 is 0. The maximum absolute atomic E-state index is 12.5. The van der Waals surface area contributed by atoms with Gasteiger partial charge in [-0.1, -0.05) is 19.1 Å². The highest BCUT2D eigenvalue weighted by Gasteiger charge is 2.16. The molecule has 0 aliphatic heterocycles. The molecular formula is C22H27NO6S. The molecule has 1 unspecified atom stereocenters. The van der Waals surface area contributed by atoms with Crippen LogP contribution >= 0.6 is 0 Å². The molecule has 0 aromatic heterocycles. The summed E-state index contributed by atoms with van der Waals surface area (Å²) in [5, 5.41) is 2.93. The molecule has 1 atom stereocenters. The van der Waals surface area contributed by atoms with Gasteiger partial charge in [0.1, 0.15) is 0 Å². The molecule has 0 spiro atoms. The average molecular weight is 434 g/mol. The van der Waals surface area contributed by atoms with Gasteiger partial charge in [0, 0.05) is 17.9 Å². The Labute approximate surface area is 177 Å². The summed E-state index contributed by atoms with van der Waals surface area (Å²) in [4.78, 5) is 12.7. The van der Waals surface area contributed by atoms with E-state index in [0.29, 0.717) is 29.2 Å². The highest BCUT2D eigenvalue weighted by Crippen LogP contribution is 2.40. The number of methoxy groups -OCH3 is 3. The van der Waals surface area contributed by atoms with Crippen molar-refractivity contribution in [1.82, 2.24) is 5.32 Å². The maximum atomic E-state index is 12.5. The molecular weight excluding hydrogens is 406 g/mol. The number of nitrogens with one attached hydrogen (secondary N) is 1. The van der Waals surface area contributed by atoms with Crippen LogP contribution in [0.1, 0.15) is 30.5 Å². The van der Waals surface area contributed by atoms with Gasteiger partial charge in [-0.3, -0.25) is 4.79 Å². The van der Waals surface area contributed by atoms with Crippen LogP contribution in [-0.2, 0) is 14.6 Å². The minimum Gasteiger partial charge on any atom is -0.493 e. The Morgan fingerprint density at radius 1 is 1.00 bits per heavy atom. The molecule has 1 N–H and O–H groups in total. The summed E-state index contributed by atoms with van der Waals surface area (Å²) in [5.74, 6) is 1.15. The van der Waals surface area contributed by atoms with Crippen molar-refractivity contribution in [2.24, 2.45) is 0 Å². The van der Waals surface area contributed by atoms with Crippen molar-refractivity contribution in [2.45, 2.75) is 24.3 Å². The Bertz CT molecular complexity index is 1010. The van der Waals surface area contributed by atoms with Crippen LogP contribution in [0.25, 0.3) is 6.08 Å². The Kier molecular flexibility index (Phi) is 7.88. The van der Waals surface area contributed by atoms with Crippen LogP contribution in [-0.4, -0.2) is 41.9 Å². The first-order chi connectivity index (χ1) is 14.2. The first kappa shape index (κ1) is 23.3. The van der Waals surface area contributed by atoms with Crippen LogP contribution in [0.2, 0.25) is 0 Å².